The molecule has 1 amide bonds. The lowest BCUT2D eigenvalue weighted by Gasteiger charge is -2.33. The number of carbonyl (C=O) groups is 3. The van der Waals surface area contributed by atoms with E-state index < -0.39 is 0 Å². The summed E-state index contributed by atoms with van der Waals surface area (Å²) in [5.41, 5.74) is 8.64. The lowest BCUT2D eigenvalue weighted by Crippen LogP contribution is -2.41. The SMILES string of the molecule is CCCCCCC(CCCCCC)OC(=O)CCCCCCCCC(CCCCCCCCC(=O)OC(CCCCCC)CCCCCC)N(CCCN(C)C)C(=O)CCCCCN=[N+]=[N-]. The molecular formula is C56H109N5O5. The van der Waals surface area contributed by atoms with Gasteiger partial charge in [0, 0.05) is 43.3 Å². The summed E-state index contributed by atoms with van der Waals surface area (Å²) >= 11 is 0. The molecule has 388 valence electrons. The Morgan fingerprint density at radius 3 is 1.18 bits per heavy atom. The van der Waals surface area contributed by atoms with Crippen LogP contribution in [-0.2, 0) is 23.9 Å². The van der Waals surface area contributed by atoms with Crippen molar-refractivity contribution in [2.24, 2.45) is 5.11 Å². The molecule has 0 saturated heterocycles. The first kappa shape index (κ1) is 63.7. The highest BCUT2D eigenvalue weighted by Crippen LogP contribution is 2.23. The third-order valence-electron chi connectivity index (χ3n) is 13.4. The van der Waals surface area contributed by atoms with Crippen LogP contribution in [0.2, 0.25) is 0 Å². The second-order valence-electron chi connectivity index (χ2n) is 20.1. The van der Waals surface area contributed by atoms with Crippen molar-refractivity contribution in [1.82, 2.24) is 9.80 Å². The molecule has 0 aromatic heterocycles. The molecule has 0 bridgehead atoms. The Morgan fingerprint density at radius 2 is 0.788 bits per heavy atom. The lowest BCUT2D eigenvalue weighted by molar-refractivity contribution is -0.151. The Hall–Kier alpha value is -2.32. The molecule has 0 heterocycles. The van der Waals surface area contributed by atoms with Gasteiger partial charge in [0.25, 0.3) is 0 Å². The van der Waals surface area contributed by atoms with Gasteiger partial charge in [-0.1, -0.05) is 180 Å². The van der Waals surface area contributed by atoms with E-state index in [2.05, 4.69) is 61.6 Å². The van der Waals surface area contributed by atoms with Crippen molar-refractivity contribution in [3.8, 4) is 0 Å². The third-order valence-corrected chi connectivity index (χ3v) is 13.4. The molecule has 0 aliphatic carbocycles. The average molecular weight is 933 g/mol. The average Bonchev–Trinajstić information content (AvgIpc) is 3.30. The number of esters is 2. The van der Waals surface area contributed by atoms with Crippen LogP contribution in [-0.4, -0.2) is 79.6 Å². The van der Waals surface area contributed by atoms with Gasteiger partial charge >= 0.3 is 11.9 Å². The number of azide groups is 1. The van der Waals surface area contributed by atoms with Crippen molar-refractivity contribution in [1.29, 1.82) is 0 Å². The molecule has 0 aliphatic rings. The molecule has 0 unspecified atom stereocenters. The molecule has 0 N–H and O–H groups in total. The Morgan fingerprint density at radius 1 is 0.439 bits per heavy atom. The quantitative estimate of drug-likeness (QED) is 0.0197. The maximum absolute atomic E-state index is 13.9. The van der Waals surface area contributed by atoms with E-state index in [1.54, 1.807) is 0 Å². The summed E-state index contributed by atoms with van der Waals surface area (Å²) in [6.07, 6.45) is 43.9. The van der Waals surface area contributed by atoms with Crippen LogP contribution in [0.25, 0.3) is 10.4 Å². The molecule has 0 atom stereocenters. The summed E-state index contributed by atoms with van der Waals surface area (Å²) in [4.78, 5) is 46.8. The highest BCUT2D eigenvalue weighted by molar-refractivity contribution is 5.76. The van der Waals surface area contributed by atoms with Gasteiger partial charge in [-0.15, -0.1) is 0 Å². The van der Waals surface area contributed by atoms with Crippen LogP contribution in [0.3, 0.4) is 0 Å². The van der Waals surface area contributed by atoms with Crippen LogP contribution in [0.5, 0.6) is 0 Å². The molecule has 10 nitrogen and oxygen atoms in total. The normalized spacial score (nSPS) is 11.5. The van der Waals surface area contributed by atoms with Gasteiger partial charge in [0.15, 0.2) is 0 Å². The Bertz CT molecular complexity index is 1070. The number of carbonyl (C=O) groups excluding carboxylic acids is 3. The van der Waals surface area contributed by atoms with Crippen molar-refractivity contribution in [3.05, 3.63) is 10.4 Å². The molecule has 0 radical (unpaired) electrons. The highest BCUT2D eigenvalue weighted by atomic mass is 16.5. The van der Waals surface area contributed by atoms with Crippen LogP contribution in [0.4, 0.5) is 0 Å². The van der Waals surface area contributed by atoms with Gasteiger partial charge in [-0.3, -0.25) is 14.4 Å². The number of ether oxygens (including phenoxy) is 2. The van der Waals surface area contributed by atoms with E-state index in [1.165, 1.54) is 77.0 Å². The summed E-state index contributed by atoms with van der Waals surface area (Å²) in [7, 11) is 4.20. The summed E-state index contributed by atoms with van der Waals surface area (Å²) in [5, 5.41) is 3.67. The van der Waals surface area contributed by atoms with Crippen LogP contribution in [0.15, 0.2) is 5.11 Å². The Balaban J connectivity index is 5.10. The van der Waals surface area contributed by atoms with E-state index in [1.807, 2.05) is 0 Å². The first-order valence-electron chi connectivity index (χ1n) is 28.6. The Labute approximate surface area is 408 Å². The highest BCUT2D eigenvalue weighted by Gasteiger charge is 2.23. The Kier molecular flexibility index (Phi) is 47.4. The number of hydrogen-bond donors (Lipinski definition) is 0. The van der Waals surface area contributed by atoms with E-state index in [0.717, 1.165) is 180 Å². The molecule has 0 aromatic rings. The zero-order chi connectivity index (χ0) is 48.6. The van der Waals surface area contributed by atoms with E-state index in [-0.39, 0.29) is 36.1 Å². The lowest BCUT2D eigenvalue weighted by atomic mass is 9.97. The number of hydrogen-bond acceptors (Lipinski definition) is 7. The minimum absolute atomic E-state index is 0.00600. The molecule has 0 aliphatic heterocycles. The largest absolute Gasteiger partial charge is 0.462 e. The van der Waals surface area contributed by atoms with Crippen LogP contribution < -0.4 is 0 Å². The second kappa shape index (κ2) is 49.1. The van der Waals surface area contributed by atoms with Crippen molar-refractivity contribution < 1.29 is 23.9 Å². The summed E-state index contributed by atoms with van der Waals surface area (Å²) in [6.45, 7) is 11.2. The van der Waals surface area contributed by atoms with E-state index in [4.69, 9.17) is 15.0 Å². The predicted molar refractivity (Wildman–Crippen MR) is 280 cm³/mol. The van der Waals surface area contributed by atoms with Gasteiger partial charge in [0.05, 0.1) is 0 Å². The van der Waals surface area contributed by atoms with Crippen LogP contribution in [0.1, 0.15) is 291 Å². The predicted octanol–water partition coefficient (Wildman–Crippen LogP) is 17.0. The zero-order valence-corrected chi connectivity index (χ0v) is 44.6. The molecule has 10 heteroatoms. The molecule has 0 spiro atoms. The minimum Gasteiger partial charge on any atom is -0.462 e. The van der Waals surface area contributed by atoms with Crippen LogP contribution in [0, 0.1) is 0 Å². The van der Waals surface area contributed by atoms with Crippen molar-refractivity contribution >= 4 is 17.8 Å². The van der Waals surface area contributed by atoms with Gasteiger partial charge in [0.1, 0.15) is 12.2 Å². The van der Waals surface area contributed by atoms with E-state index in [9.17, 15) is 14.4 Å². The van der Waals surface area contributed by atoms with Gasteiger partial charge in [-0.2, -0.15) is 0 Å². The fourth-order valence-corrected chi connectivity index (χ4v) is 9.27. The van der Waals surface area contributed by atoms with Crippen molar-refractivity contribution in [2.45, 2.75) is 309 Å². The van der Waals surface area contributed by atoms with E-state index >= 15 is 0 Å². The molecule has 0 rings (SSSR count). The molecule has 0 saturated carbocycles. The first-order chi connectivity index (χ1) is 32.2. The maximum atomic E-state index is 13.9. The monoisotopic (exact) mass is 932 g/mol. The third kappa shape index (κ3) is 41.8. The second-order valence-corrected chi connectivity index (χ2v) is 20.1. The first-order valence-corrected chi connectivity index (χ1v) is 28.6. The van der Waals surface area contributed by atoms with Gasteiger partial charge in [-0.05, 0) is 122 Å². The van der Waals surface area contributed by atoms with Crippen LogP contribution >= 0.6 is 0 Å². The maximum Gasteiger partial charge on any atom is 0.306 e. The number of nitrogens with zero attached hydrogens (tertiary/aromatic N) is 5. The summed E-state index contributed by atoms with van der Waals surface area (Å²) in [6, 6.07) is 0.251. The van der Waals surface area contributed by atoms with Gasteiger partial charge in [-0.25, -0.2) is 0 Å². The zero-order valence-electron chi connectivity index (χ0n) is 44.6. The topological polar surface area (TPSA) is 125 Å². The number of unbranched alkanes of at least 4 members (excludes halogenated alkanes) is 24. The fourth-order valence-electron chi connectivity index (χ4n) is 9.27. The summed E-state index contributed by atoms with van der Waals surface area (Å²) < 4.78 is 12.0. The fraction of sp³-hybridized carbons (Fsp3) is 0.946. The molecular weight excluding hydrogens is 823 g/mol. The van der Waals surface area contributed by atoms with Crippen molar-refractivity contribution in [2.75, 3.05) is 33.7 Å². The molecule has 66 heavy (non-hydrogen) atoms. The number of amides is 1. The van der Waals surface area contributed by atoms with Gasteiger partial charge < -0.3 is 19.3 Å². The molecule has 0 fully saturated rings. The minimum atomic E-state index is -0.00600. The summed E-state index contributed by atoms with van der Waals surface area (Å²) in [5.74, 6) is 0.261. The van der Waals surface area contributed by atoms with Crippen molar-refractivity contribution in [3.63, 3.8) is 0 Å². The van der Waals surface area contributed by atoms with Gasteiger partial charge in [0.2, 0.25) is 5.91 Å². The van der Waals surface area contributed by atoms with E-state index in [0.29, 0.717) is 25.8 Å². The molecule has 0 aromatic carbocycles. The number of rotatable bonds is 51. The smallest absolute Gasteiger partial charge is 0.306 e. The standard InChI is InChI=1S/C56H109N5O5/c1-7-11-15-30-41-52(42-31-16-12-8-2)65-55(63)46-35-25-21-19-23-28-39-51(61(50-38-49-60(5)6)54(62)45-34-27-37-48-58-59-57)40-29-24-20-22-26-36-47-56(64)66-53(43-32-17-13-9-3)44-33-18-14-10-4/h51-53H,7-50H2,1-6H3.